The van der Waals surface area contributed by atoms with Gasteiger partial charge in [-0.05, 0) is 12.5 Å². The van der Waals surface area contributed by atoms with Gasteiger partial charge in [0, 0.05) is 26.2 Å². The molecule has 0 atom stereocenters. The molecule has 3 heterocycles. The van der Waals surface area contributed by atoms with E-state index in [1.54, 1.807) is 13.1 Å². The van der Waals surface area contributed by atoms with E-state index < -0.39 is 0 Å². The Hall–Kier alpha value is -3.09. The van der Waals surface area contributed by atoms with Crippen molar-refractivity contribution in [1.82, 2.24) is 25.5 Å². The highest BCUT2D eigenvalue weighted by Gasteiger charge is 2.07. The van der Waals surface area contributed by atoms with Gasteiger partial charge in [-0.1, -0.05) is 6.58 Å². The number of anilines is 3. The van der Waals surface area contributed by atoms with Crippen molar-refractivity contribution in [3.8, 4) is 6.07 Å². The van der Waals surface area contributed by atoms with E-state index in [2.05, 4.69) is 42.7 Å². The lowest BCUT2D eigenvalue weighted by atomic mass is 10.2. The molecule has 0 radical (unpaired) electrons. The molecule has 0 aliphatic carbocycles. The molecule has 1 fully saturated rings. The van der Waals surface area contributed by atoms with Crippen LogP contribution in [0.1, 0.15) is 18.3 Å². The summed E-state index contributed by atoms with van der Waals surface area (Å²) in [5.74, 6) is 1.02. The predicted octanol–water partition coefficient (Wildman–Crippen LogP) is 1.56. The fourth-order valence-electron chi connectivity index (χ4n) is 2.06. The molecule has 2 aromatic rings. The third-order valence-electron chi connectivity index (χ3n) is 3.34. The van der Waals surface area contributed by atoms with Crippen molar-refractivity contribution < 1.29 is 4.74 Å². The first-order valence-corrected chi connectivity index (χ1v) is 8.13. The van der Waals surface area contributed by atoms with Crippen molar-refractivity contribution in [2.75, 3.05) is 44.0 Å². The van der Waals surface area contributed by atoms with E-state index in [0.717, 1.165) is 37.6 Å². The number of nitriles is 1. The fraction of sp³-hybridized carbons (Fsp3) is 0.353. The Morgan fingerprint density at radius 3 is 2.46 bits per heavy atom. The van der Waals surface area contributed by atoms with E-state index in [0.29, 0.717) is 17.3 Å². The van der Waals surface area contributed by atoms with Gasteiger partial charge in [-0.15, -0.1) is 10.2 Å². The Morgan fingerprint density at radius 2 is 2.00 bits per heavy atom. The largest absolute Gasteiger partial charge is 0.386 e. The summed E-state index contributed by atoms with van der Waals surface area (Å²) in [6.07, 6.45) is 2.85. The number of morpholine rings is 1. The van der Waals surface area contributed by atoms with Crippen molar-refractivity contribution in [3.63, 3.8) is 0 Å². The summed E-state index contributed by atoms with van der Waals surface area (Å²) in [4.78, 5) is 7.97. The van der Waals surface area contributed by atoms with Gasteiger partial charge in [-0.25, -0.2) is 9.97 Å². The molecule has 1 saturated heterocycles. The second-order valence-corrected chi connectivity index (χ2v) is 5.41. The van der Waals surface area contributed by atoms with Gasteiger partial charge in [0.05, 0.1) is 31.3 Å². The molecular formula is C17H22N8O. The van der Waals surface area contributed by atoms with Gasteiger partial charge in [-0.3, -0.25) is 0 Å². The number of allylic oxidation sites excluding steroid dienone is 1. The molecule has 26 heavy (non-hydrogen) atoms. The van der Waals surface area contributed by atoms with E-state index >= 15 is 0 Å². The summed E-state index contributed by atoms with van der Waals surface area (Å²) in [6, 6.07) is 3.71. The molecule has 3 N–H and O–H groups in total. The molecule has 2 aromatic heterocycles. The minimum atomic E-state index is 0.259. The number of rotatable bonds is 4. The lowest BCUT2D eigenvalue weighted by Gasteiger charge is -2.10. The second kappa shape index (κ2) is 10.0. The van der Waals surface area contributed by atoms with E-state index in [4.69, 9.17) is 10.00 Å². The number of hydrogen-bond donors (Lipinski definition) is 3. The summed E-state index contributed by atoms with van der Waals surface area (Å²) in [6.45, 7) is 9.55. The van der Waals surface area contributed by atoms with Crippen LogP contribution in [0.25, 0.3) is 5.57 Å². The van der Waals surface area contributed by atoms with Crippen molar-refractivity contribution in [3.05, 3.63) is 36.4 Å². The summed E-state index contributed by atoms with van der Waals surface area (Å²) in [5.41, 5.74) is 2.61. The average Bonchev–Trinajstić information content (AvgIpc) is 2.70. The van der Waals surface area contributed by atoms with Crippen LogP contribution in [0.2, 0.25) is 0 Å². The van der Waals surface area contributed by atoms with Crippen LogP contribution in [0, 0.1) is 11.3 Å². The third-order valence-corrected chi connectivity index (χ3v) is 3.34. The minimum absolute atomic E-state index is 0.259. The molecule has 0 spiro atoms. The Bertz CT molecular complexity index is 754. The molecule has 0 bridgehead atoms. The zero-order valence-corrected chi connectivity index (χ0v) is 14.9. The van der Waals surface area contributed by atoms with E-state index in [-0.39, 0.29) is 5.69 Å². The van der Waals surface area contributed by atoms with Crippen LogP contribution in [0.4, 0.5) is 17.3 Å². The highest BCUT2D eigenvalue weighted by molar-refractivity contribution is 5.72. The van der Waals surface area contributed by atoms with Crippen LogP contribution in [-0.2, 0) is 4.74 Å². The molecule has 0 unspecified atom stereocenters. The Labute approximate surface area is 152 Å². The van der Waals surface area contributed by atoms with Crippen molar-refractivity contribution in [1.29, 1.82) is 5.26 Å². The highest BCUT2D eigenvalue weighted by atomic mass is 16.5. The molecule has 9 nitrogen and oxygen atoms in total. The second-order valence-electron chi connectivity index (χ2n) is 5.41. The molecule has 136 valence electrons. The SMILES string of the molecule is C1COCCN1.C=C(C)c1nnc(Nc2cnc(C#N)cn2)cc1NC. The molecule has 0 saturated carbocycles. The fourth-order valence-corrected chi connectivity index (χ4v) is 2.06. The van der Waals surface area contributed by atoms with Crippen molar-refractivity contribution in [2.45, 2.75) is 6.92 Å². The molecule has 1 aliphatic heterocycles. The van der Waals surface area contributed by atoms with Gasteiger partial charge >= 0.3 is 0 Å². The summed E-state index contributed by atoms with van der Waals surface area (Å²) in [5, 5.41) is 26.0. The summed E-state index contributed by atoms with van der Waals surface area (Å²) < 4.78 is 5.01. The van der Waals surface area contributed by atoms with Crippen LogP contribution >= 0.6 is 0 Å². The maximum absolute atomic E-state index is 8.66. The standard InChI is InChI=1S/C13H13N7.C4H9NO/c1-8(2)13-10(15-3)4-11(19-20-13)18-12-7-16-9(5-14)6-17-12;1-3-6-4-2-5-1/h4,6-7H,1H2,2-3H3,(H2,15,17,18,19);5H,1-4H2. The molecule has 1 aliphatic rings. The number of nitrogens with zero attached hydrogens (tertiary/aromatic N) is 5. The number of ether oxygens (including phenoxy) is 1. The summed E-state index contributed by atoms with van der Waals surface area (Å²) >= 11 is 0. The lowest BCUT2D eigenvalue weighted by Crippen LogP contribution is -2.30. The maximum Gasteiger partial charge on any atom is 0.158 e. The van der Waals surface area contributed by atoms with Gasteiger partial charge in [0.15, 0.2) is 11.5 Å². The van der Waals surface area contributed by atoms with E-state index in [9.17, 15) is 0 Å². The number of nitrogens with one attached hydrogen (secondary N) is 3. The van der Waals surface area contributed by atoms with Crippen LogP contribution in [0.3, 0.4) is 0 Å². The average molecular weight is 354 g/mol. The minimum Gasteiger partial charge on any atom is -0.386 e. The quantitative estimate of drug-likeness (QED) is 0.751. The number of aromatic nitrogens is 4. The van der Waals surface area contributed by atoms with Crippen LogP contribution in [-0.4, -0.2) is 53.5 Å². The van der Waals surface area contributed by atoms with Gasteiger partial charge in [0.2, 0.25) is 0 Å². The van der Waals surface area contributed by atoms with Gasteiger partial charge in [0.25, 0.3) is 0 Å². The van der Waals surface area contributed by atoms with Crippen molar-refractivity contribution >= 4 is 22.9 Å². The molecule has 0 aromatic carbocycles. The van der Waals surface area contributed by atoms with Crippen molar-refractivity contribution in [2.24, 2.45) is 0 Å². The predicted molar refractivity (Wildman–Crippen MR) is 100 cm³/mol. The Balaban J connectivity index is 0.000000342. The number of hydrogen-bond acceptors (Lipinski definition) is 9. The first-order chi connectivity index (χ1) is 12.6. The van der Waals surface area contributed by atoms with E-state index in [1.165, 1.54) is 12.4 Å². The Morgan fingerprint density at radius 1 is 1.23 bits per heavy atom. The monoisotopic (exact) mass is 354 g/mol. The molecule has 3 rings (SSSR count). The topological polar surface area (TPSA) is 121 Å². The normalized spacial score (nSPS) is 13.0. The summed E-state index contributed by atoms with van der Waals surface area (Å²) in [7, 11) is 1.80. The highest BCUT2D eigenvalue weighted by Crippen LogP contribution is 2.22. The Kier molecular flexibility index (Phi) is 7.42. The molecule has 9 heteroatoms. The zero-order valence-electron chi connectivity index (χ0n) is 14.9. The first-order valence-electron chi connectivity index (χ1n) is 8.13. The van der Waals surface area contributed by atoms with Gasteiger partial charge < -0.3 is 20.7 Å². The zero-order chi connectivity index (χ0) is 18.8. The molecule has 0 amide bonds. The molecular weight excluding hydrogens is 332 g/mol. The maximum atomic E-state index is 8.66. The first kappa shape index (κ1) is 19.2. The van der Waals surface area contributed by atoms with Crippen LogP contribution in [0.5, 0.6) is 0 Å². The van der Waals surface area contributed by atoms with E-state index in [1.807, 2.05) is 13.0 Å². The van der Waals surface area contributed by atoms with Crippen LogP contribution < -0.4 is 16.0 Å². The van der Waals surface area contributed by atoms with Crippen LogP contribution in [0.15, 0.2) is 25.0 Å². The van der Waals surface area contributed by atoms with Gasteiger partial charge in [0.1, 0.15) is 17.6 Å². The third kappa shape index (κ3) is 5.77. The van der Waals surface area contributed by atoms with Gasteiger partial charge in [-0.2, -0.15) is 5.26 Å². The smallest absolute Gasteiger partial charge is 0.158 e. The lowest BCUT2D eigenvalue weighted by molar-refractivity contribution is 0.109.